The smallest absolute Gasteiger partial charge is 0.322 e. The van der Waals surface area contributed by atoms with E-state index in [2.05, 4.69) is 9.71 Å². The number of hydrogen-bond donors (Lipinski definition) is 1. The summed E-state index contributed by atoms with van der Waals surface area (Å²) in [6, 6.07) is 7.71. The van der Waals surface area contributed by atoms with Crippen molar-refractivity contribution in [1.29, 1.82) is 0 Å². The van der Waals surface area contributed by atoms with Crippen molar-refractivity contribution in [3.63, 3.8) is 0 Å². The highest BCUT2D eigenvalue weighted by Gasteiger charge is 2.33. The molecule has 4 rings (SSSR count). The number of benzene rings is 2. The third kappa shape index (κ3) is 3.56. The number of anilines is 1. The third-order valence-electron chi connectivity index (χ3n) is 4.96. The maximum atomic E-state index is 14.1. The molecule has 0 bridgehead atoms. The van der Waals surface area contributed by atoms with Gasteiger partial charge in [0, 0.05) is 43.9 Å². The number of hydrogen-bond acceptors (Lipinski definition) is 5. The number of piperazine rings is 1. The zero-order valence-corrected chi connectivity index (χ0v) is 16.7. The average Bonchev–Trinajstić information content (AvgIpc) is 3.02. The van der Waals surface area contributed by atoms with Crippen molar-refractivity contribution in [1.82, 2.24) is 9.80 Å². The van der Waals surface area contributed by atoms with E-state index in [1.54, 1.807) is 23.1 Å². The lowest BCUT2D eigenvalue weighted by Gasteiger charge is -2.35. The molecule has 0 atom stereocenters. The van der Waals surface area contributed by atoms with Crippen LogP contribution in [0.2, 0.25) is 0 Å². The first-order chi connectivity index (χ1) is 14.3. The molecule has 0 aliphatic carbocycles. The Morgan fingerprint density at radius 1 is 1.10 bits per heavy atom. The largest absolute Gasteiger partial charge is 0.494 e. The number of halogens is 2. The highest BCUT2D eigenvalue weighted by Crippen LogP contribution is 2.28. The Hall–Kier alpha value is -3.21. The number of nitrogens with zero attached hydrogens (tertiary/aromatic N) is 3. The van der Waals surface area contributed by atoms with Gasteiger partial charge in [0.1, 0.15) is 4.90 Å². The lowest BCUT2D eigenvalue weighted by molar-refractivity contribution is 0.181. The minimum atomic E-state index is -3.72. The van der Waals surface area contributed by atoms with E-state index in [-0.39, 0.29) is 29.4 Å². The van der Waals surface area contributed by atoms with E-state index in [9.17, 15) is 22.0 Å². The van der Waals surface area contributed by atoms with Gasteiger partial charge in [-0.15, -0.1) is 4.40 Å². The minimum Gasteiger partial charge on any atom is -0.494 e. The first kappa shape index (κ1) is 20.1. The Bertz CT molecular complexity index is 1150. The summed E-state index contributed by atoms with van der Waals surface area (Å²) in [4.78, 5) is 15.9. The van der Waals surface area contributed by atoms with E-state index in [4.69, 9.17) is 4.74 Å². The standard InChI is InChI=1S/C19H18F2N4O4S/c1-29-16-11-13(20)15(10-14(16)21)22-19(26)25-8-6-24(7-9-25)18-12-4-2-3-5-17(12)30(27,28)23-18/h2-5,10-11H,6-9H2,1H3,(H,22,26). The summed E-state index contributed by atoms with van der Waals surface area (Å²) in [5.41, 5.74) is 0.243. The summed E-state index contributed by atoms with van der Waals surface area (Å²) in [5.74, 6) is -1.51. The van der Waals surface area contributed by atoms with Gasteiger partial charge in [-0.3, -0.25) is 0 Å². The number of rotatable bonds is 2. The van der Waals surface area contributed by atoms with E-state index >= 15 is 0 Å². The second kappa shape index (κ2) is 7.56. The Labute approximate surface area is 171 Å². The van der Waals surface area contributed by atoms with Crippen LogP contribution in [0.4, 0.5) is 19.3 Å². The van der Waals surface area contributed by atoms with E-state index in [1.807, 2.05) is 0 Å². The number of fused-ring (bicyclic) bond motifs is 1. The molecule has 1 fully saturated rings. The lowest BCUT2D eigenvalue weighted by Crippen LogP contribution is -2.51. The summed E-state index contributed by atoms with van der Waals surface area (Å²) in [7, 11) is -2.51. The van der Waals surface area contributed by atoms with Crippen LogP contribution in [-0.4, -0.2) is 63.4 Å². The van der Waals surface area contributed by atoms with Crippen molar-refractivity contribution in [3.05, 3.63) is 53.6 Å². The van der Waals surface area contributed by atoms with Crippen LogP contribution in [0.15, 0.2) is 45.7 Å². The molecule has 2 aromatic carbocycles. The van der Waals surface area contributed by atoms with Gasteiger partial charge in [-0.2, -0.15) is 8.42 Å². The van der Waals surface area contributed by atoms with Crippen LogP contribution in [0.3, 0.4) is 0 Å². The summed E-state index contributed by atoms with van der Waals surface area (Å²) in [5, 5.41) is 2.36. The molecule has 8 nitrogen and oxygen atoms in total. The van der Waals surface area contributed by atoms with Crippen LogP contribution < -0.4 is 10.1 Å². The van der Waals surface area contributed by atoms with Crippen LogP contribution in [0, 0.1) is 11.6 Å². The van der Waals surface area contributed by atoms with Crippen molar-refractivity contribution < 1.29 is 26.7 Å². The van der Waals surface area contributed by atoms with Crippen LogP contribution in [0.25, 0.3) is 0 Å². The molecule has 1 saturated heterocycles. The molecule has 0 spiro atoms. The van der Waals surface area contributed by atoms with Crippen molar-refractivity contribution in [2.75, 3.05) is 38.6 Å². The van der Waals surface area contributed by atoms with Gasteiger partial charge < -0.3 is 19.9 Å². The Balaban J connectivity index is 1.43. The predicted molar refractivity (Wildman–Crippen MR) is 105 cm³/mol. The molecule has 11 heteroatoms. The fourth-order valence-corrected chi connectivity index (χ4v) is 4.64. The molecular weight excluding hydrogens is 418 g/mol. The zero-order valence-electron chi connectivity index (χ0n) is 15.9. The molecule has 158 valence electrons. The highest BCUT2D eigenvalue weighted by atomic mass is 32.2. The van der Waals surface area contributed by atoms with Crippen molar-refractivity contribution in [2.24, 2.45) is 4.40 Å². The number of carbonyl (C=O) groups is 1. The van der Waals surface area contributed by atoms with Gasteiger partial charge in [0.25, 0.3) is 10.0 Å². The number of nitrogens with one attached hydrogen (secondary N) is 1. The molecule has 2 heterocycles. The molecule has 0 aromatic heterocycles. The minimum absolute atomic E-state index is 0.164. The van der Waals surface area contributed by atoms with E-state index in [0.29, 0.717) is 24.5 Å². The molecule has 0 saturated carbocycles. The number of ether oxygens (including phenoxy) is 1. The SMILES string of the molecule is COc1cc(F)c(NC(=O)N2CCN(C3=NS(=O)(=O)c4ccccc43)CC2)cc1F. The molecule has 30 heavy (non-hydrogen) atoms. The molecular formula is C19H18F2N4O4S. The van der Waals surface area contributed by atoms with Gasteiger partial charge in [-0.05, 0) is 12.1 Å². The maximum Gasteiger partial charge on any atom is 0.322 e. The molecule has 0 radical (unpaired) electrons. The Morgan fingerprint density at radius 3 is 2.50 bits per heavy atom. The first-order valence-electron chi connectivity index (χ1n) is 9.08. The third-order valence-corrected chi connectivity index (χ3v) is 6.29. The van der Waals surface area contributed by atoms with Crippen molar-refractivity contribution in [3.8, 4) is 5.75 Å². The summed E-state index contributed by atoms with van der Waals surface area (Å²) < 4.78 is 60.9. The number of urea groups is 1. The predicted octanol–water partition coefficient (Wildman–Crippen LogP) is 2.27. The van der Waals surface area contributed by atoms with E-state index < -0.39 is 27.7 Å². The molecule has 2 aliphatic rings. The second-order valence-electron chi connectivity index (χ2n) is 6.76. The second-order valence-corrected chi connectivity index (χ2v) is 8.33. The summed E-state index contributed by atoms with van der Waals surface area (Å²) in [6.07, 6.45) is 0. The maximum absolute atomic E-state index is 14.1. The van der Waals surface area contributed by atoms with Crippen molar-refractivity contribution >= 4 is 27.6 Å². The topological polar surface area (TPSA) is 91.3 Å². The van der Waals surface area contributed by atoms with Gasteiger partial charge in [0.05, 0.1) is 12.8 Å². The monoisotopic (exact) mass is 436 g/mol. The van der Waals surface area contributed by atoms with E-state index in [0.717, 1.165) is 12.1 Å². The number of amidine groups is 1. The number of carbonyl (C=O) groups excluding carboxylic acids is 1. The summed E-state index contributed by atoms with van der Waals surface area (Å²) in [6.45, 7) is 1.20. The summed E-state index contributed by atoms with van der Waals surface area (Å²) >= 11 is 0. The number of methoxy groups -OCH3 is 1. The fraction of sp³-hybridized carbons (Fsp3) is 0.263. The highest BCUT2D eigenvalue weighted by molar-refractivity contribution is 7.90. The Kier molecular flexibility index (Phi) is 5.06. The van der Waals surface area contributed by atoms with E-state index in [1.165, 1.54) is 18.1 Å². The van der Waals surface area contributed by atoms with Gasteiger partial charge in [-0.25, -0.2) is 13.6 Å². The van der Waals surface area contributed by atoms with Gasteiger partial charge in [0.2, 0.25) is 0 Å². The van der Waals surface area contributed by atoms with Crippen LogP contribution >= 0.6 is 0 Å². The van der Waals surface area contributed by atoms with Gasteiger partial charge >= 0.3 is 6.03 Å². The average molecular weight is 436 g/mol. The van der Waals surface area contributed by atoms with Crippen LogP contribution in [0.1, 0.15) is 5.56 Å². The lowest BCUT2D eigenvalue weighted by atomic mass is 10.1. The van der Waals surface area contributed by atoms with Crippen LogP contribution in [0.5, 0.6) is 5.75 Å². The normalized spacial score (nSPS) is 17.4. The first-order valence-corrected chi connectivity index (χ1v) is 10.5. The molecule has 2 aromatic rings. The van der Waals surface area contributed by atoms with Gasteiger partial charge in [0.15, 0.2) is 23.2 Å². The quantitative estimate of drug-likeness (QED) is 0.780. The number of amides is 2. The van der Waals surface area contributed by atoms with Gasteiger partial charge in [-0.1, -0.05) is 12.1 Å². The molecule has 2 amide bonds. The van der Waals surface area contributed by atoms with Crippen LogP contribution in [-0.2, 0) is 10.0 Å². The Morgan fingerprint density at radius 2 is 1.80 bits per heavy atom. The zero-order chi connectivity index (χ0) is 21.5. The van der Waals surface area contributed by atoms with Crippen molar-refractivity contribution in [2.45, 2.75) is 4.90 Å². The molecule has 2 aliphatic heterocycles. The fourth-order valence-electron chi connectivity index (χ4n) is 3.41. The molecule has 0 unspecified atom stereocenters. The molecule has 1 N–H and O–H groups in total. The number of sulfonamides is 1.